The van der Waals surface area contributed by atoms with E-state index < -0.39 is 5.97 Å². The van der Waals surface area contributed by atoms with E-state index in [1.807, 2.05) is 12.1 Å². The van der Waals surface area contributed by atoms with Crippen molar-refractivity contribution in [2.45, 2.75) is 46.6 Å². The van der Waals surface area contributed by atoms with Crippen molar-refractivity contribution in [3.05, 3.63) is 45.7 Å². The van der Waals surface area contributed by atoms with Gasteiger partial charge in [0.15, 0.2) is 0 Å². The topological polar surface area (TPSA) is 74.4 Å². The average Bonchev–Trinajstić information content (AvgIpc) is 3.22. The minimum absolute atomic E-state index is 0.229. The number of aryl methyl sites for hydroxylation is 1. The second-order valence-electron chi connectivity index (χ2n) is 7.39. The van der Waals surface area contributed by atoms with E-state index in [1.165, 1.54) is 0 Å². The average molecular weight is 404 g/mol. The fourth-order valence-electron chi connectivity index (χ4n) is 3.58. The van der Waals surface area contributed by atoms with E-state index in [9.17, 15) is 9.59 Å². The third-order valence-corrected chi connectivity index (χ3v) is 5.10. The highest BCUT2D eigenvalue weighted by Crippen LogP contribution is 2.32. The first kappa shape index (κ1) is 20.3. The Morgan fingerprint density at radius 1 is 1.21 bits per heavy atom. The predicted molar refractivity (Wildman–Crippen MR) is 112 cm³/mol. The summed E-state index contributed by atoms with van der Waals surface area (Å²) >= 11 is 6.16. The molecule has 1 aliphatic rings. The molecule has 150 valence electrons. The lowest BCUT2D eigenvalue weighted by Gasteiger charge is -2.21. The molecule has 3 rings (SSSR count). The Labute approximate surface area is 170 Å². The highest BCUT2D eigenvalue weighted by Gasteiger charge is 2.25. The van der Waals surface area contributed by atoms with E-state index in [0.29, 0.717) is 33.2 Å². The number of halogens is 1. The maximum atomic E-state index is 13.0. The van der Waals surface area contributed by atoms with Crippen LogP contribution in [0, 0.1) is 13.8 Å². The van der Waals surface area contributed by atoms with E-state index in [-0.39, 0.29) is 12.0 Å². The van der Waals surface area contributed by atoms with Crippen LogP contribution in [0.2, 0.25) is 5.02 Å². The quantitative estimate of drug-likeness (QED) is 0.709. The number of carbonyl (C=O) groups excluding carboxylic acids is 2. The smallest absolute Gasteiger partial charge is 0.340 e. The number of amides is 1. The molecule has 1 amide bonds. The number of H-pyrrole nitrogens is 1. The largest absolute Gasteiger partial charge is 0.459 e. The van der Waals surface area contributed by atoms with Crippen molar-refractivity contribution in [1.82, 2.24) is 4.98 Å². The molecule has 1 saturated heterocycles. The van der Waals surface area contributed by atoms with Gasteiger partial charge in [-0.3, -0.25) is 4.79 Å². The van der Waals surface area contributed by atoms with Gasteiger partial charge in [-0.1, -0.05) is 11.6 Å². The van der Waals surface area contributed by atoms with Gasteiger partial charge in [-0.15, -0.1) is 0 Å². The third kappa shape index (κ3) is 4.17. The van der Waals surface area contributed by atoms with Gasteiger partial charge in [0.1, 0.15) is 5.69 Å². The number of ether oxygens (including phenoxy) is 1. The van der Waals surface area contributed by atoms with Crippen LogP contribution in [0.4, 0.5) is 11.4 Å². The number of carbonyl (C=O) groups is 2. The molecule has 0 aliphatic carbocycles. The summed E-state index contributed by atoms with van der Waals surface area (Å²) in [7, 11) is 0. The number of hydrogen-bond acceptors (Lipinski definition) is 4. The van der Waals surface area contributed by atoms with Crippen LogP contribution in [0.1, 0.15) is 58.8 Å². The van der Waals surface area contributed by atoms with Gasteiger partial charge in [0.25, 0.3) is 5.91 Å². The number of anilines is 2. The van der Waals surface area contributed by atoms with Gasteiger partial charge >= 0.3 is 5.97 Å². The van der Waals surface area contributed by atoms with Gasteiger partial charge in [-0.25, -0.2) is 4.79 Å². The highest BCUT2D eigenvalue weighted by molar-refractivity contribution is 6.31. The number of aromatic nitrogens is 1. The number of hydrogen-bond donors (Lipinski definition) is 2. The molecule has 28 heavy (non-hydrogen) atoms. The zero-order chi connectivity index (χ0) is 20.4. The lowest BCUT2D eigenvalue weighted by molar-refractivity contribution is 0.0376. The Balaban J connectivity index is 1.88. The lowest BCUT2D eigenvalue weighted by atomic mass is 10.1. The van der Waals surface area contributed by atoms with Gasteiger partial charge in [0, 0.05) is 23.8 Å². The summed E-state index contributed by atoms with van der Waals surface area (Å²) in [6.45, 7) is 9.00. The molecule has 0 radical (unpaired) electrons. The van der Waals surface area contributed by atoms with Crippen molar-refractivity contribution >= 4 is 34.9 Å². The van der Waals surface area contributed by atoms with Crippen molar-refractivity contribution < 1.29 is 14.3 Å². The van der Waals surface area contributed by atoms with Crippen LogP contribution in [0.15, 0.2) is 18.2 Å². The Morgan fingerprint density at radius 2 is 1.89 bits per heavy atom. The van der Waals surface area contributed by atoms with Crippen molar-refractivity contribution in [3.8, 4) is 0 Å². The SMILES string of the molecule is Cc1[nH]c(C(=O)Nc2cc(Cl)ccc2N2CCCC2)c(C)c1C(=O)OC(C)C. The van der Waals surface area contributed by atoms with E-state index in [0.717, 1.165) is 31.6 Å². The lowest BCUT2D eigenvalue weighted by Crippen LogP contribution is -2.21. The Hall–Kier alpha value is -2.47. The third-order valence-electron chi connectivity index (χ3n) is 4.86. The number of nitrogens with one attached hydrogen (secondary N) is 2. The Bertz CT molecular complexity index is 899. The standard InChI is InChI=1S/C21H26ClN3O3/c1-12(2)28-21(27)18-13(3)19(23-14(18)4)20(26)24-16-11-15(22)7-8-17(16)25-9-5-6-10-25/h7-8,11-12,23H,5-6,9-10H2,1-4H3,(H,24,26). The predicted octanol–water partition coefficient (Wildman–Crippen LogP) is 4.70. The van der Waals surface area contributed by atoms with Crippen LogP contribution in [-0.4, -0.2) is 36.1 Å². The maximum absolute atomic E-state index is 13.0. The van der Waals surface area contributed by atoms with Gasteiger partial charge in [-0.2, -0.15) is 0 Å². The molecular weight excluding hydrogens is 378 g/mol. The molecule has 0 spiro atoms. The van der Waals surface area contributed by atoms with Gasteiger partial charge < -0.3 is 19.9 Å². The van der Waals surface area contributed by atoms with Crippen LogP contribution >= 0.6 is 11.6 Å². The number of esters is 1. The molecule has 7 heteroatoms. The minimum atomic E-state index is -0.430. The van der Waals surface area contributed by atoms with E-state index >= 15 is 0 Å². The van der Waals surface area contributed by atoms with Crippen LogP contribution in [0.3, 0.4) is 0 Å². The summed E-state index contributed by atoms with van der Waals surface area (Å²) in [6, 6.07) is 5.52. The fraction of sp³-hybridized carbons (Fsp3) is 0.429. The Kier molecular flexibility index (Phi) is 5.98. The maximum Gasteiger partial charge on any atom is 0.340 e. The zero-order valence-corrected chi connectivity index (χ0v) is 17.4. The van der Waals surface area contributed by atoms with Crippen molar-refractivity contribution in [2.75, 3.05) is 23.3 Å². The first-order chi connectivity index (χ1) is 13.3. The second kappa shape index (κ2) is 8.27. The van der Waals surface area contributed by atoms with Crippen molar-refractivity contribution in [1.29, 1.82) is 0 Å². The molecule has 2 aromatic rings. The number of nitrogens with zero attached hydrogens (tertiary/aromatic N) is 1. The first-order valence-corrected chi connectivity index (χ1v) is 9.91. The Morgan fingerprint density at radius 3 is 2.54 bits per heavy atom. The van der Waals surface area contributed by atoms with Crippen molar-refractivity contribution in [3.63, 3.8) is 0 Å². The second-order valence-corrected chi connectivity index (χ2v) is 7.83. The van der Waals surface area contributed by atoms with E-state index in [1.54, 1.807) is 33.8 Å². The minimum Gasteiger partial charge on any atom is -0.459 e. The molecule has 0 bridgehead atoms. The molecule has 6 nitrogen and oxygen atoms in total. The molecule has 1 fully saturated rings. The van der Waals surface area contributed by atoms with E-state index in [2.05, 4.69) is 15.2 Å². The number of aromatic amines is 1. The van der Waals surface area contributed by atoms with Gasteiger partial charge in [-0.05, 0) is 64.3 Å². The number of rotatable bonds is 5. The molecule has 0 unspecified atom stereocenters. The summed E-state index contributed by atoms with van der Waals surface area (Å²) in [4.78, 5) is 30.6. The van der Waals surface area contributed by atoms with Gasteiger partial charge in [0.05, 0.1) is 23.0 Å². The first-order valence-electron chi connectivity index (χ1n) is 9.54. The van der Waals surface area contributed by atoms with Crippen LogP contribution in [0.25, 0.3) is 0 Å². The summed E-state index contributed by atoms with van der Waals surface area (Å²) in [6.07, 6.45) is 2.03. The molecule has 2 N–H and O–H groups in total. The summed E-state index contributed by atoms with van der Waals surface area (Å²) in [5, 5.41) is 3.51. The molecule has 1 aromatic heterocycles. The molecule has 2 heterocycles. The van der Waals surface area contributed by atoms with Crippen LogP contribution in [-0.2, 0) is 4.74 Å². The van der Waals surface area contributed by atoms with Crippen molar-refractivity contribution in [2.24, 2.45) is 0 Å². The molecule has 1 aliphatic heterocycles. The van der Waals surface area contributed by atoms with E-state index in [4.69, 9.17) is 16.3 Å². The summed E-state index contributed by atoms with van der Waals surface area (Å²) in [5.74, 6) is -0.743. The van der Waals surface area contributed by atoms with Crippen LogP contribution < -0.4 is 10.2 Å². The molecule has 0 saturated carbocycles. The molecule has 1 aromatic carbocycles. The number of benzene rings is 1. The zero-order valence-electron chi connectivity index (χ0n) is 16.7. The fourth-order valence-corrected chi connectivity index (χ4v) is 3.76. The molecule has 0 atom stereocenters. The summed E-state index contributed by atoms with van der Waals surface area (Å²) in [5.41, 5.74) is 3.56. The highest BCUT2D eigenvalue weighted by atomic mass is 35.5. The van der Waals surface area contributed by atoms with Crippen LogP contribution in [0.5, 0.6) is 0 Å². The summed E-state index contributed by atoms with van der Waals surface area (Å²) < 4.78 is 5.30. The monoisotopic (exact) mass is 403 g/mol. The normalized spacial score (nSPS) is 13.9. The molecular formula is C21H26ClN3O3. The van der Waals surface area contributed by atoms with Gasteiger partial charge in [0.2, 0.25) is 0 Å².